The fraction of sp³-hybridized carbons (Fsp3) is 0.381. The second kappa shape index (κ2) is 9.10. The molecule has 2 aromatic rings. The summed E-state index contributed by atoms with van der Waals surface area (Å²) < 4.78 is 11.2. The fourth-order valence-corrected chi connectivity index (χ4v) is 4.28. The zero-order valence-corrected chi connectivity index (χ0v) is 15.9. The van der Waals surface area contributed by atoms with Crippen LogP contribution in [0.3, 0.4) is 0 Å². The van der Waals surface area contributed by atoms with E-state index in [1.54, 1.807) is 0 Å². The summed E-state index contributed by atoms with van der Waals surface area (Å²) in [6, 6.07) is 18.1. The standard InChI is InChI=1S/C21H25NO3S/c1-17-7-5-6-10-19(17)25-15-20(23)22-16-21(11-13-24-14-12-21)26-18-8-3-2-4-9-18/h2-10H,11-16H2,1H3,(H,22,23). The van der Waals surface area contributed by atoms with Crippen LogP contribution in [0, 0.1) is 6.92 Å². The van der Waals surface area contributed by atoms with Gasteiger partial charge in [0.1, 0.15) is 5.75 Å². The van der Waals surface area contributed by atoms with Crippen molar-refractivity contribution in [2.24, 2.45) is 0 Å². The summed E-state index contributed by atoms with van der Waals surface area (Å²) in [4.78, 5) is 13.5. The molecule has 1 N–H and O–H groups in total. The Bertz CT molecular complexity index is 714. The molecule has 0 saturated carbocycles. The normalized spacial score (nSPS) is 16.0. The molecule has 0 spiro atoms. The summed E-state index contributed by atoms with van der Waals surface area (Å²) in [6.07, 6.45) is 1.84. The van der Waals surface area contributed by atoms with E-state index in [4.69, 9.17) is 9.47 Å². The second-order valence-electron chi connectivity index (χ2n) is 6.54. The lowest BCUT2D eigenvalue weighted by molar-refractivity contribution is -0.123. The highest BCUT2D eigenvalue weighted by Crippen LogP contribution is 2.40. The molecule has 1 amide bonds. The average molecular weight is 372 g/mol. The van der Waals surface area contributed by atoms with Crippen molar-refractivity contribution in [3.63, 3.8) is 0 Å². The summed E-state index contributed by atoms with van der Waals surface area (Å²) in [5.74, 6) is 0.662. The molecule has 0 unspecified atom stereocenters. The van der Waals surface area contributed by atoms with Crippen LogP contribution in [0.1, 0.15) is 18.4 Å². The molecule has 1 heterocycles. The van der Waals surface area contributed by atoms with Gasteiger partial charge in [-0.3, -0.25) is 4.79 Å². The number of carbonyl (C=O) groups excluding carboxylic acids is 1. The highest BCUT2D eigenvalue weighted by molar-refractivity contribution is 8.00. The maximum Gasteiger partial charge on any atom is 0.257 e. The van der Waals surface area contributed by atoms with E-state index in [9.17, 15) is 4.79 Å². The van der Waals surface area contributed by atoms with E-state index >= 15 is 0 Å². The first-order valence-electron chi connectivity index (χ1n) is 8.94. The average Bonchev–Trinajstić information content (AvgIpc) is 2.67. The third kappa shape index (κ3) is 5.26. The van der Waals surface area contributed by atoms with Gasteiger partial charge in [0.2, 0.25) is 0 Å². The highest BCUT2D eigenvalue weighted by atomic mass is 32.2. The fourth-order valence-electron chi connectivity index (χ4n) is 2.97. The van der Waals surface area contributed by atoms with Crippen LogP contribution in [0.25, 0.3) is 0 Å². The van der Waals surface area contributed by atoms with Crippen molar-refractivity contribution in [2.75, 3.05) is 26.4 Å². The van der Waals surface area contributed by atoms with Crippen LogP contribution in [0.2, 0.25) is 0 Å². The smallest absolute Gasteiger partial charge is 0.257 e. The van der Waals surface area contributed by atoms with Crippen LogP contribution in [-0.2, 0) is 9.53 Å². The molecule has 4 nitrogen and oxygen atoms in total. The number of amides is 1. The number of hydrogen-bond donors (Lipinski definition) is 1. The van der Waals surface area contributed by atoms with Crippen LogP contribution < -0.4 is 10.1 Å². The number of ether oxygens (including phenoxy) is 2. The van der Waals surface area contributed by atoms with Gasteiger partial charge >= 0.3 is 0 Å². The van der Waals surface area contributed by atoms with E-state index in [1.165, 1.54) is 4.90 Å². The van der Waals surface area contributed by atoms with E-state index in [2.05, 4.69) is 17.4 Å². The van der Waals surface area contributed by atoms with Gasteiger partial charge < -0.3 is 14.8 Å². The summed E-state index contributed by atoms with van der Waals surface area (Å²) in [7, 11) is 0. The molecule has 26 heavy (non-hydrogen) atoms. The molecular formula is C21H25NO3S. The molecule has 0 aliphatic carbocycles. The predicted molar refractivity (Wildman–Crippen MR) is 105 cm³/mol. The molecule has 0 radical (unpaired) electrons. The van der Waals surface area contributed by atoms with Crippen LogP contribution in [0.15, 0.2) is 59.5 Å². The Kier molecular flexibility index (Phi) is 6.58. The molecule has 0 aromatic heterocycles. The third-order valence-electron chi connectivity index (χ3n) is 4.54. The Morgan fingerprint density at radius 2 is 1.81 bits per heavy atom. The van der Waals surface area contributed by atoms with E-state index in [0.717, 1.165) is 37.4 Å². The number of para-hydroxylation sites is 1. The van der Waals surface area contributed by atoms with Gasteiger partial charge in [-0.1, -0.05) is 36.4 Å². The van der Waals surface area contributed by atoms with Crippen LogP contribution in [0.5, 0.6) is 5.75 Å². The second-order valence-corrected chi connectivity index (χ2v) is 8.08. The molecule has 1 aliphatic heterocycles. The maximum absolute atomic E-state index is 12.3. The predicted octanol–water partition coefficient (Wildman–Crippen LogP) is 3.83. The maximum atomic E-state index is 12.3. The lowest BCUT2D eigenvalue weighted by Gasteiger charge is -2.36. The first-order chi connectivity index (χ1) is 12.7. The number of thioether (sulfide) groups is 1. The Balaban J connectivity index is 1.55. The molecule has 1 saturated heterocycles. The van der Waals surface area contributed by atoms with E-state index < -0.39 is 0 Å². The SMILES string of the molecule is Cc1ccccc1OCC(=O)NCC1(Sc2ccccc2)CCOCC1. The number of carbonyl (C=O) groups is 1. The number of nitrogens with one attached hydrogen (secondary N) is 1. The molecule has 1 fully saturated rings. The summed E-state index contributed by atoms with van der Waals surface area (Å²) in [5, 5.41) is 3.06. The van der Waals surface area contributed by atoms with Gasteiger partial charge in [-0.25, -0.2) is 0 Å². The molecule has 3 rings (SSSR count). The van der Waals surface area contributed by atoms with Gasteiger partial charge in [0.25, 0.3) is 5.91 Å². The molecule has 1 aliphatic rings. The van der Waals surface area contributed by atoms with Crippen LogP contribution >= 0.6 is 11.8 Å². The van der Waals surface area contributed by atoms with Crippen molar-refractivity contribution >= 4 is 17.7 Å². The molecular weight excluding hydrogens is 346 g/mol. The molecule has 0 bridgehead atoms. The lowest BCUT2D eigenvalue weighted by atomic mass is 9.99. The van der Waals surface area contributed by atoms with Crippen molar-refractivity contribution in [3.8, 4) is 5.75 Å². The van der Waals surface area contributed by atoms with Crippen molar-refractivity contribution in [1.82, 2.24) is 5.32 Å². The summed E-state index contributed by atoms with van der Waals surface area (Å²) >= 11 is 1.84. The monoisotopic (exact) mass is 371 g/mol. The Morgan fingerprint density at radius 3 is 2.54 bits per heavy atom. The first kappa shape index (κ1) is 18.8. The topological polar surface area (TPSA) is 47.6 Å². The van der Waals surface area contributed by atoms with Crippen molar-refractivity contribution in [3.05, 3.63) is 60.2 Å². The zero-order chi connectivity index (χ0) is 18.2. The lowest BCUT2D eigenvalue weighted by Crippen LogP contribution is -2.45. The van der Waals surface area contributed by atoms with Crippen LogP contribution in [-0.4, -0.2) is 37.0 Å². The number of aryl methyl sites for hydroxylation is 1. The number of benzene rings is 2. The number of hydrogen-bond acceptors (Lipinski definition) is 4. The zero-order valence-electron chi connectivity index (χ0n) is 15.1. The van der Waals surface area contributed by atoms with E-state index in [0.29, 0.717) is 6.54 Å². The Hall–Kier alpha value is -1.98. The van der Waals surface area contributed by atoms with Crippen molar-refractivity contribution in [2.45, 2.75) is 29.4 Å². The van der Waals surface area contributed by atoms with Gasteiger partial charge in [-0.15, -0.1) is 11.8 Å². The van der Waals surface area contributed by atoms with Gasteiger partial charge in [0, 0.05) is 29.4 Å². The van der Waals surface area contributed by atoms with Crippen molar-refractivity contribution in [1.29, 1.82) is 0 Å². The Morgan fingerprint density at radius 1 is 1.12 bits per heavy atom. The minimum absolute atomic E-state index is 0.0298. The van der Waals surface area contributed by atoms with E-state index in [-0.39, 0.29) is 17.3 Å². The molecule has 0 atom stereocenters. The minimum Gasteiger partial charge on any atom is -0.484 e. The van der Waals surface area contributed by atoms with Crippen molar-refractivity contribution < 1.29 is 14.3 Å². The summed E-state index contributed by atoms with van der Waals surface area (Å²) in [6.45, 7) is 4.09. The minimum atomic E-state index is -0.0900. The first-order valence-corrected chi connectivity index (χ1v) is 9.75. The van der Waals surface area contributed by atoms with Gasteiger partial charge in [0.15, 0.2) is 6.61 Å². The summed E-state index contributed by atoms with van der Waals surface area (Å²) in [5.41, 5.74) is 1.03. The molecule has 138 valence electrons. The van der Waals surface area contributed by atoms with Crippen LogP contribution in [0.4, 0.5) is 0 Å². The molecule has 2 aromatic carbocycles. The van der Waals surface area contributed by atoms with Gasteiger partial charge in [-0.05, 0) is 43.5 Å². The number of rotatable bonds is 7. The quantitative estimate of drug-likeness (QED) is 0.803. The third-order valence-corrected chi connectivity index (χ3v) is 6.04. The molecule has 5 heteroatoms. The largest absolute Gasteiger partial charge is 0.484 e. The Labute approximate surface area is 159 Å². The highest BCUT2D eigenvalue weighted by Gasteiger charge is 2.34. The van der Waals surface area contributed by atoms with Gasteiger partial charge in [0.05, 0.1) is 0 Å². The van der Waals surface area contributed by atoms with Gasteiger partial charge in [-0.2, -0.15) is 0 Å². The van der Waals surface area contributed by atoms with E-state index in [1.807, 2.05) is 61.2 Å².